The Morgan fingerprint density at radius 3 is 2.52 bits per heavy atom. The zero-order valence-electron chi connectivity index (χ0n) is 12.8. The second kappa shape index (κ2) is 5.96. The van der Waals surface area contributed by atoms with Crippen molar-refractivity contribution in [2.24, 2.45) is 0 Å². The summed E-state index contributed by atoms with van der Waals surface area (Å²) in [6.45, 7) is 2.79. The summed E-state index contributed by atoms with van der Waals surface area (Å²) in [4.78, 5) is 13.0. The predicted octanol–water partition coefficient (Wildman–Crippen LogP) is 0.698. The molecule has 0 spiro atoms. The van der Waals surface area contributed by atoms with Crippen LogP contribution in [0.15, 0.2) is 30.3 Å². The summed E-state index contributed by atoms with van der Waals surface area (Å²) >= 11 is 0. The number of aromatic nitrogens is 4. The van der Waals surface area contributed by atoms with E-state index < -0.39 is 11.6 Å². The number of hydrogen-bond acceptors (Lipinski definition) is 6. The maximum atomic E-state index is 11.1. The Labute approximate surface area is 133 Å². The van der Waals surface area contributed by atoms with Crippen molar-refractivity contribution in [3.8, 4) is 0 Å². The van der Waals surface area contributed by atoms with Gasteiger partial charge in [0.15, 0.2) is 5.60 Å². The Balaban J connectivity index is 1.79. The van der Waals surface area contributed by atoms with Crippen LogP contribution in [0.4, 0.5) is 5.95 Å². The molecule has 1 fully saturated rings. The molecule has 23 heavy (non-hydrogen) atoms. The molecule has 122 valence electrons. The van der Waals surface area contributed by atoms with Crippen molar-refractivity contribution in [3.63, 3.8) is 0 Å². The lowest BCUT2D eigenvalue weighted by Crippen LogP contribution is -2.50. The Kier molecular flexibility index (Phi) is 3.99. The number of nitrogens with zero attached hydrogens (tertiary/aromatic N) is 5. The highest BCUT2D eigenvalue weighted by molar-refractivity contribution is 5.77. The molecule has 8 nitrogen and oxygen atoms in total. The molecule has 0 bridgehead atoms. The second-order valence-electron chi connectivity index (χ2n) is 5.83. The van der Waals surface area contributed by atoms with Crippen molar-refractivity contribution < 1.29 is 15.0 Å². The van der Waals surface area contributed by atoms with E-state index in [0.29, 0.717) is 19.0 Å². The number of carboxylic acids is 1. The molecule has 0 aliphatic carbocycles. The van der Waals surface area contributed by atoms with Gasteiger partial charge in [0.05, 0.1) is 6.04 Å². The lowest BCUT2D eigenvalue weighted by Gasteiger charge is -2.35. The molecule has 2 aromatic rings. The number of aliphatic carboxylic acids is 1. The minimum absolute atomic E-state index is 0.0403. The van der Waals surface area contributed by atoms with E-state index in [1.54, 1.807) is 4.68 Å². The van der Waals surface area contributed by atoms with Gasteiger partial charge in [-0.15, -0.1) is 0 Å². The van der Waals surface area contributed by atoms with Crippen LogP contribution in [0.3, 0.4) is 0 Å². The molecule has 1 saturated heterocycles. The standard InChI is InChI=1S/C15H19N5O3/c1-11(12-5-3-2-4-6-12)20-14(16-17-18-20)19-9-7-15(23,8-10-19)13(21)22/h2-6,11,23H,7-10H2,1H3,(H,21,22)/t11-/m1/s1. The predicted molar refractivity (Wildman–Crippen MR) is 82.1 cm³/mol. The first-order valence-electron chi connectivity index (χ1n) is 7.55. The van der Waals surface area contributed by atoms with Crippen LogP contribution in [-0.4, -0.2) is 55.1 Å². The number of carbonyl (C=O) groups is 1. The minimum atomic E-state index is -1.65. The third-order valence-corrected chi connectivity index (χ3v) is 4.40. The van der Waals surface area contributed by atoms with Gasteiger partial charge in [0.1, 0.15) is 0 Å². The Bertz CT molecular complexity index is 679. The Morgan fingerprint density at radius 1 is 1.26 bits per heavy atom. The van der Waals surface area contributed by atoms with Gasteiger partial charge in [0, 0.05) is 25.9 Å². The highest BCUT2D eigenvalue weighted by atomic mass is 16.4. The van der Waals surface area contributed by atoms with E-state index in [1.165, 1.54) is 0 Å². The SMILES string of the molecule is C[C@H](c1ccccc1)n1nnnc1N1CCC(O)(C(=O)O)CC1. The molecular weight excluding hydrogens is 298 g/mol. The number of piperidine rings is 1. The van der Waals surface area contributed by atoms with E-state index in [2.05, 4.69) is 15.5 Å². The van der Waals surface area contributed by atoms with Crippen LogP contribution in [0.5, 0.6) is 0 Å². The number of anilines is 1. The zero-order chi connectivity index (χ0) is 16.4. The molecule has 1 aliphatic heterocycles. The van der Waals surface area contributed by atoms with Gasteiger partial charge in [-0.3, -0.25) is 0 Å². The van der Waals surface area contributed by atoms with Gasteiger partial charge in [0.2, 0.25) is 5.95 Å². The minimum Gasteiger partial charge on any atom is -0.479 e. The number of benzene rings is 1. The fourth-order valence-electron chi connectivity index (χ4n) is 2.81. The van der Waals surface area contributed by atoms with Crippen LogP contribution in [0.25, 0.3) is 0 Å². The topological polar surface area (TPSA) is 104 Å². The number of rotatable bonds is 4. The zero-order valence-corrected chi connectivity index (χ0v) is 12.8. The first-order valence-corrected chi connectivity index (χ1v) is 7.55. The average Bonchev–Trinajstić information content (AvgIpc) is 3.05. The number of aliphatic hydroxyl groups is 1. The van der Waals surface area contributed by atoms with Gasteiger partial charge in [-0.2, -0.15) is 0 Å². The summed E-state index contributed by atoms with van der Waals surface area (Å²) < 4.78 is 1.72. The van der Waals surface area contributed by atoms with E-state index >= 15 is 0 Å². The quantitative estimate of drug-likeness (QED) is 0.855. The smallest absolute Gasteiger partial charge is 0.335 e. The average molecular weight is 317 g/mol. The van der Waals surface area contributed by atoms with Crippen molar-refractivity contribution in [3.05, 3.63) is 35.9 Å². The van der Waals surface area contributed by atoms with Crippen molar-refractivity contribution in [1.29, 1.82) is 0 Å². The van der Waals surface area contributed by atoms with E-state index in [1.807, 2.05) is 42.2 Å². The summed E-state index contributed by atoms with van der Waals surface area (Å²) in [6, 6.07) is 9.86. The molecule has 1 aromatic heterocycles. The normalized spacial score (nSPS) is 18.6. The van der Waals surface area contributed by atoms with Gasteiger partial charge in [-0.25, -0.2) is 9.48 Å². The molecule has 0 saturated carbocycles. The molecule has 0 unspecified atom stereocenters. The summed E-state index contributed by atoms with van der Waals surface area (Å²) in [7, 11) is 0. The van der Waals surface area contributed by atoms with Crippen LogP contribution >= 0.6 is 0 Å². The van der Waals surface area contributed by atoms with E-state index in [9.17, 15) is 9.90 Å². The summed E-state index contributed by atoms with van der Waals surface area (Å²) in [5.74, 6) is -0.580. The lowest BCUT2D eigenvalue weighted by molar-refractivity contribution is -0.160. The van der Waals surface area contributed by atoms with Crippen molar-refractivity contribution in [2.45, 2.75) is 31.4 Å². The van der Waals surface area contributed by atoms with Gasteiger partial charge in [0.25, 0.3) is 0 Å². The Hall–Kier alpha value is -2.48. The molecule has 3 rings (SSSR count). The van der Waals surface area contributed by atoms with Crippen molar-refractivity contribution >= 4 is 11.9 Å². The first kappa shape index (κ1) is 15.4. The highest BCUT2D eigenvalue weighted by Crippen LogP contribution is 2.27. The van der Waals surface area contributed by atoms with Crippen LogP contribution in [0, 0.1) is 0 Å². The van der Waals surface area contributed by atoms with Gasteiger partial charge in [-0.05, 0) is 22.9 Å². The van der Waals surface area contributed by atoms with Crippen LogP contribution in [0.1, 0.15) is 31.4 Å². The second-order valence-corrected chi connectivity index (χ2v) is 5.83. The van der Waals surface area contributed by atoms with Crippen LogP contribution in [0.2, 0.25) is 0 Å². The maximum Gasteiger partial charge on any atom is 0.335 e. The van der Waals surface area contributed by atoms with Crippen molar-refractivity contribution in [2.75, 3.05) is 18.0 Å². The van der Waals surface area contributed by atoms with Crippen LogP contribution in [-0.2, 0) is 4.79 Å². The molecule has 2 N–H and O–H groups in total. The monoisotopic (exact) mass is 317 g/mol. The first-order chi connectivity index (χ1) is 11.0. The summed E-state index contributed by atoms with van der Waals surface area (Å²) in [5.41, 5.74) is -0.570. The fraction of sp³-hybridized carbons (Fsp3) is 0.467. The third kappa shape index (κ3) is 2.89. The molecule has 0 amide bonds. The number of carboxylic acid groups (broad SMARTS) is 1. The maximum absolute atomic E-state index is 11.1. The van der Waals surface area contributed by atoms with Gasteiger partial charge in [-0.1, -0.05) is 35.4 Å². The highest BCUT2D eigenvalue weighted by Gasteiger charge is 2.40. The lowest BCUT2D eigenvalue weighted by atomic mass is 9.92. The number of hydrogen-bond donors (Lipinski definition) is 2. The number of tetrazole rings is 1. The van der Waals surface area contributed by atoms with E-state index in [0.717, 1.165) is 5.56 Å². The van der Waals surface area contributed by atoms with Crippen LogP contribution < -0.4 is 4.90 Å². The molecule has 8 heteroatoms. The van der Waals surface area contributed by atoms with E-state index in [-0.39, 0.29) is 18.9 Å². The summed E-state index contributed by atoms with van der Waals surface area (Å²) in [5, 5.41) is 31.0. The molecule has 1 aliphatic rings. The molecule has 0 radical (unpaired) electrons. The van der Waals surface area contributed by atoms with Gasteiger partial charge >= 0.3 is 5.97 Å². The molecule has 1 aromatic carbocycles. The molecule has 2 heterocycles. The van der Waals surface area contributed by atoms with E-state index in [4.69, 9.17) is 5.11 Å². The Morgan fingerprint density at radius 2 is 1.91 bits per heavy atom. The largest absolute Gasteiger partial charge is 0.479 e. The molecular formula is C15H19N5O3. The third-order valence-electron chi connectivity index (χ3n) is 4.40. The van der Waals surface area contributed by atoms with Crippen molar-refractivity contribution in [1.82, 2.24) is 20.2 Å². The van der Waals surface area contributed by atoms with Gasteiger partial charge < -0.3 is 15.1 Å². The summed E-state index contributed by atoms with van der Waals surface area (Å²) in [6.07, 6.45) is 0.295. The fourth-order valence-corrected chi connectivity index (χ4v) is 2.81. The molecule has 1 atom stereocenters.